The Morgan fingerprint density at radius 2 is 1.76 bits per heavy atom. The quantitative estimate of drug-likeness (QED) is 0.722. The molecule has 0 radical (unpaired) electrons. The van der Waals surface area contributed by atoms with Gasteiger partial charge < -0.3 is 15.7 Å². The van der Waals surface area contributed by atoms with Gasteiger partial charge in [0.25, 0.3) is 0 Å². The van der Waals surface area contributed by atoms with E-state index in [4.69, 9.17) is 0 Å². The van der Waals surface area contributed by atoms with Crippen LogP contribution >= 0.6 is 0 Å². The standard InChI is InChI=1S/C16H24N2O3/c1-4-16(3,5-2)18-15(21)17-13(14(19)20)11-12-9-7-6-8-10-12/h6-10,13H,4-5,11H2,1-3H3,(H,19,20)(H2,17,18,21)/t13-/m1/s1. The Balaban J connectivity index is 2.67. The van der Waals surface area contributed by atoms with Crippen LogP contribution in [-0.2, 0) is 11.2 Å². The Labute approximate surface area is 125 Å². The molecule has 0 unspecified atom stereocenters. The molecule has 0 saturated carbocycles. The summed E-state index contributed by atoms with van der Waals surface area (Å²) in [7, 11) is 0. The number of carbonyl (C=O) groups excluding carboxylic acids is 1. The van der Waals surface area contributed by atoms with E-state index >= 15 is 0 Å². The summed E-state index contributed by atoms with van der Waals surface area (Å²) in [6.07, 6.45) is 1.83. The van der Waals surface area contributed by atoms with Gasteiger partial charge in [0.1, 0.15) is 6.04 Å². The highest BCUT2D eigenvalue weighted by Gasteiger charge is 2.25. The van der Waals surface area contributed by atoms with Gasteiger partial charge in [0.15, 0.2) is 0 Å². The maximum absolute atomic E-state index is 12.0. The van der Waals surface area contributed by atoms with Crippen LogP contribution < -0.4 is 10.6 Å². The Kier molecular flexibility index (Phi) is 6.21. The molecule has 1 aromatic rings. The number of hydrogen-bond donors (Lipinski definition) is 3. The van der Waals surface area contributed by atoms with Crippen LogP contribution in [0.4, 0.5) is 4.79 Å². The molecule has 2 amide bonds. The van der Waals surface area contributed by atoms with Crippen molar-refractivity contribution in [1.82, 2.24) is 10.6 Å². The molecule has 0 aromatic heterocycles. The molecule has 5 nitrogen and oxygen atoms in total. The molecule has 0 aliphatic rings. The third-order valence-corrected chi connectivity index (χ3v) is 3.86. The molecular formula is C16H24N2O3. The second-order valence-corrected chi connectivity index (χ2v) is 5.45. The average Bonchev–Trinajstić information content (AvgIpc) is 2.47. The van der Waals surface area contributed by atoms with E-state index < -0.39 is 18.0 Å². The molecule has 1 atom stereocenters. The highest BCUT2D eigenvalue weighted by molar-refractivity contribution is 5.83. The number of nitrogens with one attached hydrogen (secondary N) is 2. The van der Waals surface area contributed by atoms with Crippen molar-refractivity contribution in [3.05, 3.63) is 35.9 Å². The average molecular weight is 292 g/mol. The summed E-state index contributed by atoms with van der Waals surface area (Å²) in [6.45, 7) is 5.92. The SMILES string of the molecule is CCC(C)(CC)NC(=O)N[C@H](Cc1ccccc1)C(=O)O. The highest BCUT2D eigenvalue weighted by atomic mass is 16.4. The van der Waals surface area contributed by atoms with Crippen LogP contribution in [0.2, 0.25) is 0 Å². The normalized spacial score (nSPS) is 12.5. The van der Waals surface area contributed by atoms with Crippen molar-refractivity contribution < 1.29 is 14.7 Å². The molecular weight excluding hydrogens is 268 g/mol. The number of urea groups is 1. The molecule has 0 heterocycles. The first-order valence-electron chi connectivity index (χ1n) is 7.25. The molecule has 0 fully saturated rings. The zero-order valence-electron chi connectivity index (χ0n) is 12.8. The van der Waals surface area contributed by atoms with Gasteiger partial charge >= 0.3 is 12.0 Å². The summed E-state index contributed by atoms with van der Waals surface area (Å²) in [5, 5.41) is 14.6. The van der Waals surface area contributed by atoms with Gasteiger partial charge in [-0.15, -0.1) is 0 Å². The minimum Gasteiger partial charge on any atom is -0.480 e. The Morgan fingerprint density at radius 3 is 2.24 bits per heavy atom. The van der Waals surface area contributed by atoms with Gasteiger partial charge in [-0.05, 0) is 25.3 Å². The van der Waals surface area contributed by atoms with Gasteiger partial charge in [0, 0.05) is 12.0 Å². The van der Waals surface area contributed by atoms with Gasteiger partial charge in [0.2, 0.25) is 0 Å². The Bertz CT molecular complexity index is 470. The summed E-state index contributed by atoms with van der Waals surface area (Å²) in [5.41, 5.74) is 0.554. The molecule has 5 heteroatoms. The zero-order valence-corrected chi connectivity index (χ0v) is 12.8. The predicted octanol–water partition coefficient (Wildman–Crippen LogP) is 2.56. The number of benzene rings is 1. The number of rotatable bonds is 7. The number of amides is 2. The smallest absolute Gasteiger partial charge is 0.326 e. The molecule has 0 aliphatic carbocycles. The molecule has 0 aliphatic heterocycles. The fraction of sp³-hybridized carbons (Fsp3) is 0.500. The lowest BCUT2D eigenvalue weighted by Gasteiger charge is -2.29. The van der Waals surface area contributed by atoms with Crippen LogP contribution in [0.3, 0.4) is 0 Å². The minimum absolute atomic E-state index is 0.262. The second kappa shape index (κ2) is 7.67. The monoisotopic (exact) mass is 292 g/mol. The maximum atomic E-state index is 12.0. The second-order valence-electron chi connectivity index (χ2n) is 5.45. The zero-order chi connectivity index (χ0) is 15.9. The highest BCUT2D eigenvalue weighted by Crippen LogP contribution is 2.13. The largest absolute Gasteiger partial charge is 0.480 e. The summed E-state index contributed by atoms with van der Waals surface area (Å²) >= 11 is 0. The van der Waals surface area contributed by atoms with Gasteiger partial charge in [-0.2, -0.15) is 0 Å². The fourth-order valence-electron chi connectivity index (χ4n) is 1.95. The minimum atomic E-state index is -1.04. The van der Waals surface area contributed by atoms with Crippen molar-refractivity contribution >= 4 is 12.0 Å². The van der Waals surface area contributed by atoms with E-state index in [1.165, 1.54) is 0 Å². The maximum Gasteiger partial charge on any atom is 0.326 e. The van der Waals surface area contributed by atoms with Crippen LogP contribution in [0.25, 0.3) is 0 Å². The van der Waals surface area contributed by atoms with E-state index in [0.717, 1.165) is 18.4 Å². The number of aliphatic carboxylic acids is 1. The van der Waals surface area contributed by atoms with Crippen molar-refractivity contribution in [3.8, 4) is 0 Å². The van der Waals surface area contributed by atoms with E-state index in [2.05, 4.69) is 10.6 Å². The van der Waals surface area contributed by atoms with Crippen molar-refractivity contribution in [2.45, 2.75) is 51.6 Å². The van der Waals surface area contributed by atoms with Crippen LogP contribution in [-0.4, -0.2) is 28.7 Å². The van der Waals surface area contributed by atoms with E-state index in [0.29, 0.717) is 0 Å². The molecule has 116 valence electrons. The van der Waals surface area contributed by atoms with E-state index in [-0.39, 0.29) is 12.0 Å². The van der Waals surface area contributed by atoms with Crippen LogP contribution in [0.1, 0.15) is 39.2 Å². The van der Waals surface area contributed by atoms with E-state index in [1.807, 2.05) is 51.1 Å². The lowest BCUT2D eigenvalue weighted by Crippen LogP contribution is -2.54. The summed E-state index contributed by atoms with van der Waals surface area (Å²) in [4.78, 5) is 23.3. The van der Waals surface area contributed by atoms with Crippen LogP contribution in [0.5, 0.6) is 0 Å². The number of carbonyl (C=O) groups is 2. The molecule has 3 N–H and O–H groups in total. The van der Waals surface area contributed by atoms with Crippen molar-refractivity contribution in [3.63, 3.8) is 0 Å². The van der Waals surface area contributed by atoms with Crippen molar-refractivity contribution in [1.29, 1.82) is 0 Å². The van der Waals surface area contributed by atoms with E-state index in [1.54, 1.807) is 0 Å². The van der Waals surface area contributed by atoms with E-state index in [9.17, 15) is 14.7 Å². The van der Waals surface area contributed by atoms with Gasteiger partial charge in [-0.25, -0.2) is 9.59 Å². The van der Waals surface area contributed by atoms with Gasteiger partial charge in [0.05, 0.1) is 0 Å². The third kappa shape index (κ3) is 5.45. The first-order chi connectivity index (χ1) is 9.90. The lowest BCUT2D eigenvalue weighted by molar-refractivity contribution is -0.139. The van der Waals surface area contributed by atoms with Gasteiger partial charge in [-0.3, -0.25) is 0 Å². The topological polar surface area (TPSA) is 78.4 Å². The Morgan fingerprint density at radius 1 is 1.19 bits per heavy atom. The molecule has 1 rings (SSSR count). The van der Waals surface area contributed by atoms with Gasteiger partial charge in [-0.1, -0.05) is 44.2 Å². The van der Waals surface area contributed by atoms with Crippen LogP contribution in [0.15, 0.2) is 30.3 Å². The van der Waals surface area contributed by atoms with Crippen molar-refractivity contribution in [2.75, 3.05) is 0 Å². The summed E-state index contributed by atoms with van der Waals surface area (Å²) in [6, 6.07) is 7.87. The Hall–Kier alpha value is -2.04. The third-order valence-electron chi connectivity index (χ3n) is 3.86. The molecule has 1 aromatic carbocycles. The van der Waals surface area contributed by atoms with Crippen molar-refractivity contribution in [2.24, 2.45) is 0 Å². The number of carboxylic acid groups (broad SMARTS) is 1. The summed E-state index contributed by atoms with van der Waals surface area (Å²) < 4.78 is 0. The molecule has 21 heavy (non-hydrogen) atoms. The molecule has 0 bridgehead atoms. The summed E-state index contributed by atoms with van der Waals surface area (Å²) in [5.74, 6) is -1.04. The molecule has 0 spiro atoms. The molecule has 0 saturated heterocycles. The number of hydrogen-bond acceptors (Lipinski definition) is 2. The fourth-order valence-corrected chi connectivity index (χ4v) is 1.95. The number of carboxylic acids is 1. The predicted molar refractivity (Wildman–Crippen MR) is 82.2 cm³/mol. The van der Waals surface area contributed by atoms with Crippen LogP contribution in [0, 0.1) is 0 Å². The lowest BCUT2D eigenvalue weighted by atomic mass is 9.96. The first-order valence-corrected chi connectivity index (χ1v) is 7.25. The first kappa shape index (κ1) is 17.0.